The van der Waals surface area contributed by atoms with Crippen LogP contribution in [-0.2, 0) is 14.8 Å². The van der Waals surface area contributed by atoms with Crippen LogP contribution in [0.1, 0.15) is 48.9 Å². The molecule has 3 rings (SSSR count). The molecule has 0 saturated carbocycles. The fourth-order valence-electron chi connectivity index (χ4n) is 3.72. The first-order valence-corrected chi connectivity index (χ1v) is 11.7. The SMILES string of the molecule is CC[C@@H](NC(=O)C1CCN(S(=O)(=O)c2ccc(C#N)cc2)CC1)c1ccc(C)cc1. The summed E-state index contributed by atoms with van der Waals surface area (Å²) in [5, 5.41) is 12.0. The first-order valence-electron chi connectivity index (χ1n) is 10.2. The Labute approximate surface area is 178 Å². The fourth-order valence-corrected chi connectivity index (χ4v) is 5.19. The van der Waals surface area contributed by atoms with Crippen molar-refractivity contribution in [1.29, 1.82) is 5.26 Å². The van der Waals surface area contributed by atoms with Crippen molar-refractivity contribution in [3.05, 3.63) is 65.2 Å². The number of aryl methyl sites for hydroxylation is 1. The van der Waals surface area contributed by atoms with Gasteiger partial charge in [0.15, 0.2) is 0 Å². The smallest absolute Gasteiger partial charge is 0.243 e. The lowest BCUT2D eigenvalue weighted by atomic mass is 9.95. The molecule has 158 valence electrons. The van der Waals surface area contributed by atoms with Crippen LogP contribution in [0.3, 0.4) is 0 Å². The summed E-state index contributed by atoms with van der Waals surface area (Å²) in [5.41, 5.74) is 2.68. The number of sulfonamides is 1. The van der Waals surface area contributed by atoms with Gasteiger partial charge in [-0.3, -0.25) is 4.79 Å². The second kappa shape index (κ2) is 9.41. The molecule has 7 heteroatoms. The molecule has 1 N–H and O–H groups in total. The third-order valence-corrected chi connectivity index (χ3v) is 7.56. The molecule has 0 spiro atoms. The third kappa shape index (κ3) is 4.89. The molecule has 0 radical (unpaired) electrons. The minimum absolute atomic E-state index is 0.0159. The Morgan fingerprint density at radius 2 is 1.73 bits per heavy atom. The summed E-state index contributed by atoms with van der Waals surface area (Å²) in [6.07, 6.45) is 1.78. The second-order valence-corrected chi connectivity index (χ2v) is 9.63. The molecule has 1 atom stereocenters. The molecular weight excluding hydrogens is 398 g/mol. The van der Waals surface area contributed by atoms with E-state index >= 15 is 0 Å². The van der Waals surface area contributed by atoms with Gasteiger partial charge in [0.1, 0.15) is 0 Å². The van der Waals surface area contributed by atoms with E-state index in [4.69, 9.17) is 5.26 Å². The highest BCUT2D eigenvalue weighted by atomic mass is 32.2. The molecule has 1 amide bonds. The minimum Gasteiger partial charge on any atom is -0.349 e. The van der Waals surface area contributed by atoms with Gasteiger partial charge in [0.2, 0.25) is 15.9 Å². The van der Waals surface area contributed by atoms with Crippen LogP contribution < -0.4 is 5.32 Å². The van der Waals surface area contributed by atoms with Gasteiger partial charge in [0.05, 0.1) is 22.6 Å². The standard InChI is InChI=1S/C23H27N3O3S/c1-3-22(19-8-4-17(2)5-9-19)25-23(27)20-12-14-26(15-13-20)30(28,29)21-10-6-18(16-24)7-11-21/h4-11,20,22H,3,12-15H2,1-2H3,(H,25,27)/t22-/m1/s1. The van der Waals surface area contributed by atoms with Crippen molar-refractivity contribution < 1.29 is 13.2 Å². The Kier molecular flexibility index (Phi) is 6.91. The molecule has 1 aliphatic heterocycles. The molecule has 0 unspecified atom stereocenters. The minimum atomic E-state index is -3.62. The summed E-state index contributed by atoms with van der Waals surface area (Å²) < 4.78 is 27.1. The Morgan fingerprint density at radius 3 is 2.27 bits per heavy atom. The number of nitrogens with one attached hydrogen (secondary N) is 1. The maximum atomic E-state index is 12.8. The monoisotopic (exact) mass is 425 g/mol. The van der Waals surface area contributed by atoms with E-state index in [0.29, 0.717) is 31.5 Å². The van der Waals surface area contributed by atoms with E-state index in [1.165, 1.54) is 34.1 Å². The highest BCUT2D eigenvalue weighted by Crippen LogP contribution is 2.25. The molecule has 1 heterocycles. The zero-order valence-electron chi connectivity index (χ0n) is 17.3. The van der Waals surface area contributed by atoms with Crippen LogP contribution in [-0.4, -0.2) is 31.7 Å². The lowest BCUT2D eigenvalue weighted by Crippen LogP contribution is -2.43. The number of benzene rings is 2. The molecule has 1 fully saturated rings. The van der Waals surface area contributed by atoms with Crippen LogP contribution in [0.15, 0.2) is 53.4 Å². The summed E-state index contributed by atoms with van der Waals surface area (Å²) in [5.74, 6) is -0.213. The van der Waals surface area contributed by atoms with Gasteiger partial charge in [-0.2, -0.15) is 9.57 Å². The van der Waals surface area contributed by atoms with E-state index in [1.54, 1.807) is 0 Å². The van der Waals surface area contributed by atoms with Crippen molar-refractivity contribution in [2.24, 2.45) is 5.92 Å². The van der Waals surface area contributed by atoms with Crippen molar-refractivity contribution in [3.8, 4) is 6.07 Å². The summed E-state index contributed by atoms with van der Waals surface area (Å²) >= 11 is 0. The summed E-state index contributed by atoms with van der Waals surface area (Å²) in [6, 6.07) is 16.0. The number of rotatable bonds is 6. The predicted octanol–water partition coefficient (Wildman–Crippen LogP) is 3.53. The Hall–Kier alpha value is -2.69. The predicted molar refractivity (Wildman–Crippen MR) is 115 cm³/mol. The number of carbonyl (C=O) groups is 1. The quantitative estimate of drug-likeness (QED) is 0.766. The maximum absolute atomic E-state index is 12.8. The maximum Gasteiger partial charge on any atom is 0.243 e. The molecule has 30 heavy (non-hydrogen) atoms. The largest absolute Gasteiger partial charge is 0.349 e. The summed E-state index contributed by atoms with van der Waals surface area (Å²) in [6.45, 7) is 4.68. The van der Waals surface area contributed by atoms with Crippen LogP contribution in [0.5, 0.6) is 0 Å². The van der Waals surface area contributed by atoms with Gasteiger partial charge in [-0.1, -0.05) is 36.8 Å². The van der Waals surface area contributed by atoms with Gasteiger partial charge in [-0.15, -0.1) is 0 Å². The summed E-state index contributed by atoms with van der Waals surface area (Å²) in [7, 11) is -3.62. The van der Waals surface area contributed by atoms with E-state index in [-0.39, 0.29) is 22.8 Å². The van der Waals surface area contributed by atoms with Gasteiger partial charge in [0.25, 0.3) is 0 Å². The number of carbonyl (C=O) groups excluding carboxylic acids is 1. The van der Waals surface area contributed by atoms with Gasteiger partial charge < -0.3 is 5.32 Å². The highest BCUT2D eigenvalue weighted by Gasteiger charge is 2.32. The van der Waals surface area contributed by atoms with Crippen LogP contribution >= 0.6 is 0 Å². The molecule has 1 aliphatic rings. The van der Waals surface area contributed by atoms with Crippen molar-refractivity contribution in [1.82, 2.24) is 9.62 Å². The third-order valence-electron chi connectivity index (χ3n) is 5.65. The molecule has 2 aromatic rings. The average Bonchev–Trinajstić information content (AvgIpc) is 2.78. The number of nitrogens with zero attached hydrogens (tertiary/aromatic N) is 2. The molecule has 1 saturated heterocycles. The lowest BCUT2D eigenvalue weighted by Gasteiger charge is -2.31. The molecule has 0 aliphatic carbocycles. The number of nitriles is 1. The van der Waals surface area contributed by atoms with Crippen molar-refractivity contribution in [2.75, 3.05) is 13.1 Å². The lowest BCUT2D eigenvalue weighted by molar-refractivity contribution is -0.126. The second-order valence-electron chi connectivity index (χ2n) is 7.69. The van der Waals surface area contributed by atoms with E-state index in [0.717, 1.165) is 12.0 Å². The van der Waals surface area contributed by atoms with E-state index in [1.807, 2.05) is 44.2 Å². The van der Waals surface area contributed by atoms with Crippen LogP contribution in [0.4, 0.5) is 0 Å². The van der Waals surface area contributed by atoms with Crippen molar-refractivity contribution in [3.63, 3.8) is 0 Å². The molecule has 2 aromatic carbocycles. The zero-order chi connectivity index (χ0) is 21.7. The Balaban J connectivity index is 1.60. The van der Waals surface area contributed by atoms with Crippen LogP contribution in [0.25, 0.3) is 0 Å². The number of amides is 1. The van der Waals surface area contributed by atoms with E-state index in [9.17, 15) is 13.2 Å². The first-order chi connectivity index (χ1) is 14.3. The van der Waals surface area contributed by atoms with Gasteiger partial charge in [-0.05, 0) is 56.0 Å². The van der Waals surface area contributed by atoms with E-state index < -0.39 is 10.0 Å². The molecule has 6 nitrogen and oxygen atoms in total. The first kappa shape index (κ1) is 22.0. The van der Waals surface area contributed by atoms with Crippen LogP contribution in [0, 0.1) is 24.2 Å². The van der Waals surface area contributed by atoms with Crippen LogP contribution in [0.2, 0.25) is 0 Å². The number of hydrogen-bond donors (Lipinski definition) is 1. The normalized spacial score (nSPS) is 16.6. The average molecular weight is 426 g/mol. The molecular formula is C23H27N3O3S. The Bertz CT molecular complexity index is 1020. The fraction of sp³-hybridized carbons (Fsp3) is 0.391. The van der Waals surface area contributed by atoms with Gasteiger partial charge in [0, 0.05) is 19.0 Å². The molecule has 0 bridgehead atoms. The Morgan fingerprint density at radius 1 is 1.13 bits per heavy atom. The highest BCUT2D eigenvalue weighted by molar-refractivity contribution is 7.89. The zero-order valence-corrected chi connectivity index (χ0v) is 18.2. The molecule has 0 aromatic heterocycles. The van der Waals surface area contributed by atoms with Crippen molar-refractivity contribution in [2.45, 2.75) is 44.0 Å². The van der Waals surface area contributed by atoms with Gasteiger partial charge in [-0.25, -0.2) is 8.42 Å². The topological polar surface area (TPSA) is 90.3 Å². The number of piperidine rings is 1. The van der Waals surface area contributed by atoms with E-state index in [2.05, 4.69) is 5.32 Å². The summed E-state index contributed by atoms with van der Waals surface area (Å²) in [4.78, 5) is 13.0. The number of hydrogen-bond acceptors (Lipinski definition) is 4. The van der Waals surface area contributed by atoms with Gasteiger partial charge >= 0.3 is 0 Å². The van der Waals surface area contributed by atoms with Crippen molar-refractivity contribution >= 4 is 15.9 Å².